The molecular formula is C15H24N2O3. The van der Waals surface area contributed by atoms with Crippen molar-refractivity contribution in [2.24, 2.45) is 5.73 Å². The maximum Gasteiger partial charge on any atom is 0.247 e. The molecule has 20 heavy (non-hydrogen) atoms. The van der Waals surface area contributed by atoms with Crippen molar-refractivity contribution >= 4 is 5.91 Å². The molecule has 5 heteroatoms. The molecule has 4 N–H and O–H groups in total. The molecule has 0 aliphatic rings. The Hall–Kier alpha value is -1.59. The molecule has 0 radical (unpaired) electrons. The molecule has 0 spiro atoms. The van der Waals surface area contributed by atoms with Gasteiger partial charge in [-0.1, -0.05) is 31.9 Å². The van der Waals surface area contributed by atoms with Gasteiger partial charge in [-0.25, -0.2) is 0 Å². The number of aliphatic hydroxyl groups is 1. The zero-order valence-electron chi connectivity index (χ0n) is 12.0. The van der Waals surface area contributed by atoms with E-state index in [9.17, 15) is 9.90 Å². The van der Waals surface area contributed by atoms with E-state index in [2.05, 4.69) is 12.2 Å². The van der Waals surface area contributed by atoms with Gasteiger partial charge in [0, 0.05) is 13.1 Å². The molecule has 0 aliphatic carbocycles. The summed E-state index contributed by atoms with van der Waals surface area (Å²) in [4.78, 5) is 10.6. The summed E-state index contributed by atoms with van der Waals surface area (Å²) in [6.07, 6.45) is 2.30. The van der Waals surface area contributed by atoms with Crippen molar-refractivity contribution in [3.8, 4) is 5.75 Å². The van der Waals surface area contributed by atoms with Crippen LogP contribution in [0.4, 0.5) is 0 Å². The first-order valence-corrected chi connectivity index (χ1v) is 7.03. The highest BCUT2D eigenvalue weighted by molar-refractivity contribution is 5.78. The third-order valence-corrected chi connectivity index (χ3v) is 2.94. The summed E-state index contributed by atoms with van der Waals surface area (Å²) in [5.41, 5.74) is 6.02. The van der Waals surface area contributed by atoms with E-state index < -0.39 is 12.0 Å². The lowest BCUT2D eigenvalue weighted by molar-refractivity contribution is -0.125. The second-order valence-corrected chi connectivity index (χ2v) is 4.75. The zero-order valence-corrected chi connectivity index (χ0v) is 12.0. The minimum atomic E-state index is -1.14. The number of aliphatic hydroxyl groups excluding tert-OH is 1. The number of carbonyl (C=O) groups is 1. The molecule has 0 bridgehead atoms. The number of nitrogens with one attached hydrogen (secondary N) is 1. The van der Waals surface area contributed by atoms with Gasteiger partial charge in [-0.05, 0) is 24.1 Å². The van der Waals surface area contributed by atoms with E-state index in [0.717, 1.165) is 24.3 Å². The van der Waals surface area contributed by atoms with Crippen molar-refractivity contribution in [2.75, 3.05) is 13.2 Å². The number of amides is 1. The van der Waals surface area contributed by atoms with Crippen LogP contribution >= 0.6 is 0 Å². The predicted octanol–water partition coefficient (Wildman–Crippen LogP) is 1.19. The molecule has 1 aromatic rings. The van der Waals surface area contributed by atoms with Gasteiger partial charge in [-0.3, -0.25) is 4.79 Å². The number of primary amides is 1. The van der Waals surface area contributed by atoms with Crippen LogP contribution in [0.1, 0.15) is 31.7 Å². The number of hydrogen-bond acceptors (Lipinski definition) is 4. The summed E-state index contributed by atoms with van der Waals surface area (Å²) in [7, 11) is 0. The van der Waals surface area contributed by atoms with Crippen molar-refractivity contribution in [3.63, 3.8) is 0 Å². The molecule has 5 nitrogen and oxygen atoms in total. The number of carbonyl (C=O) groups excluding carboxylic acids is 1. The average molecular weight is 280 g/mol. The van der Waals surface area contributed by atoms with Gasteiger partial charge in [-0.15, -0.1) is 0 Å². The molecule has 0 aliphatic heterocycles. The Morgan fingerprint density at radius 1 is 1.35 bits per heavy atom. The van der Waals surface area contributed by atoms with Crippen LogP contribution in [0, 0.1) is 0 Å². The Kier molecular flexibility index (Phi) is 7.69. The van der Waals surface area contributed by atoms with Crippen LogP contribution in [0.5, 0.6) is 5.75 Å². The fourth-order valence-electron chi connectivity index (χ4n) is 1.70. The number of nitrogens with two attached hydrogens (primary N) is 1. The van der Waals surface area contributed by atoms with Gasteiger partial charge in [0.05, 0.1) is 6.61 Å². The molecular weight excluding hydrogens is 256 g/mol. The van der Waals surface area contributed by atoms with Crippen molar-refractivity contribution in [1.82, 2.24) is 5.32 Å². The van der Waals surface area contributed by atoms with Crippen LogP contribution in [0.15, 0.2) is 24.3 Å². The van der Waals surface area contributed by atoms with E-state index in [4.69, 9.17) is 10.5 Å². The summed E-state index contributed by atoms with van der Waals surface area (Å²) in [5.74, 6) is 0.148. The minimum absolute atomic E-state index is 0.157. The zero-order chi connectivity index (χ0) is 14.8. The van der Waals surface area contributed by atoms with Crippen LogP contribution in [-0.4, -0.2) is 30.3 Å². The van der Waals surface area contributed by atoms with Crippen LogP contribution in [0.25, 0.3) is 0 Å². The number of benzene rings is 1. The summed E-state index contributed by atoms with van der Waals surface area (Å²) >= 11 is 0. The Labute approximate surface area is 120 Å². The van der Waals surface area contributed by atoms with Crippen molar-refractivity contribution in [1.29, 1.82) is 0 Å². The lowest BCUT2D eigenvalue weighted by Gasteiger charge is -2.09. The Balaban J connectivity index is 2.26. The molecule has 1 rings (SSSR count). The monoisotopic (exact) mass is 280 g/mol. The first kappa shape index (κ1) is 16.5. The number of unbranched alkanes of at least 4 members (excludes halogenated alkanes) is 2. The Bertz CT molecular complexity index is 393. The second-order valence-electron chi connectivity index (χ2n) is 4.75. The summed E-state index contributed by atoms with van der Waals surface area (Å²) in [6.45, 7) is 3.64. The lowest BCUT2D eigenvalue weighted by Crippen LogP contribution is -2.37. The smallest absolute Gasteiger partial charge is 0.247 e. The van der Waals surface area contributed by atoms with Crippen LogP contribution in [0.2, 0.25) is 0 Å². The molecule has 1 unspecified atom stereocenters. The minimum Gasteiger partial charge on any atom is -0.494 e. The first-order valence-electron chi connectivity index (χ1n) is 7.03. The highest BCUT2D eigenvalue weighted by atomic mass is 16.5. The molecule has 0 aromatic heterocycles. The van der Waals surface area contributed by atoms with E-state index in [1.165, 1.54) is 12.8 Å². The van der Waals surface area contributed by atoms with Gasteiger partial charge >= 0.3 is 0 Å². The second kappa shape index (κ2) is 9.34. The summed E-state index contributed by atoms with van der Waals surface area (Å²) in [5, 5.41) is 12.2. The number of rotatable bonds is 10. The van der Waals surface area contributed by atoms with Crippen molar-refractivity contribution in [2.45, 2.75) is 38.8 Å². The van der Waals surface area contributed by atoms with Gasteiger partial charge in [-0.2, -0.15) is 0 Å². The molecule has 1 atom stereocenters. The molecule has 112 valence electrons. The van der Waals surface area contributed by atoms with Crippen LogP contribution in [0.3, 0.4) is 0 Å². The van der Waals surface area contributed by atoms with Crippen molar-refractivity contribution in [3.05, 3.63) is 29.8 Å². The summed E-state index contributed by atoms with van der Waals surface area (Å²) in [6, 6.07) is 7.76. The number of hydrogen-bond donors (Lipinski definition) is 3. The normalized spacial score (nSPS) is 12.1. The van der Waals surface area contributed by atoms with E-state index in [1.807, 2.05) is 24.3 Å². The Morgan fingerprint density at radius 2 is 2.05 bits per heavy atom. The standard InChI is InChI=1S/C15H24N2O3/c1-2-3-4-9-20-13-7-5-12(6-8-13)10-17-11-14(18)15(16)19/h5-8,14,17-18H,2-4,9-11H2,1H3,(H2,16,19). The van der Waals surface area contributed by atoms with Gasteiger partial charge in [0.25, 0.3) is 0 Å². The quantitative estimate of drug-likeness (QED) is 0.562. The molecule has 0 saturated heterocycles. The maximum atomic E-state index is 10.6. The summed E-state index contributed by atoms with van der Waals surface area (Å²) < 4.78 is 5.62. The topological polar surface area (TPSA) is 84.6 Å². The highest BCUT2D eigenvalue weighted by Gasteiger charge is 2.09. The van der Waals surface area contributed by atoms with Crippen LogP contribution in [-0.2, 0) is 11.3 Å². The molecule has 0 saturated carbocycles. The van der Waals surface area contributed by atoms with Gasteiger partial charge in [0.2, 0.25) is 5.91 Å². The first-order chi connectivity index (χ1) is 9.63. The van der Waals surface area contributed by atoms with Crippen LogP contribution < -0.4 is 15.8 Å². The van der Waals surface area contributed by atoms with E-state index in [1.54, 1.807) is 0 Å². The van der Waals surface area contributed by atoms with Gasteiger partial charge in [0.15, 0.2) is 0 Å². The average Bonchev–Trinajstić information content (AvgIpc) is 2.45. The Morgan fingerprint density at radius 3 is 2.65 bits per heavy atom. The fraction of sp³-hybridized carbons (Fsp3) is 0.533. The van der Waals surface area contributed by atoms with E-state index >= 15 is 0 Å². The van der Waals surface area contributed by atoms with Crippen molar-refractivity contribution < 1.29 is 14.6 Å². The largest absolute Gasteiger partial charge is 0.494 e. The highest BCUT2D eigenvalue weighted by Crippen LogP contribution is 2.12. The lowest BCUT2D eigenvalue weighted by atomic mass is 10.2. The molecule has 0 fully saturated rings. The third kappa shape index (κ3) is 6.54. The molecule has 1 amide bonds. The van der Waals surface area contributed by atoms with E-state index in [0.29, 0.717) is 6.54 Å². The van der Waals surface area contributed by atoms with Gasteiger partial charge in [0.1, 0.15) is 11.9 Å². The van der Waals surface area contributed by atoms with E-state index in [-0.39, 0.29) is 6.54 Å². The molecule has 0 heterocycles. The maximum absolute atomic E-state index is 10.6. The molecule has 1 aromatic carbocycles. The van der Waals surface area contributed by atoms with Gasteiger partial charge < -0.3 is 20.9 Å². The number of ether oxygens (including phenoxy) is 1. The fourth-order valence-corrected chi connectivity index (χ4v) is 1.70. The predicted molar refractivity (Wildman–Crippen MR) is 78.4 cm³/mol. The SMILES string of the molecule is CCCCCOc1ccc(CNCC(O)C(N)=O)cc1. The third-order valence-electron chi connectivity index (χ3n) is 2.94.